The lowest BCUT2D eigenvalue weighted by Gasteiger charge is -2.15. The highest BCUT2D eigenvalue weighted by Gasteiger charge is 2.17. The molecule has 2 aromatic carbocycles. The van der Waals surface area contributed by atoms with Gasteiger partial charge < -0.3 is 10.6 Å². The molecule has 160 valence electrons. The second kappa shape index (κ2) is 9.14. The van der Waals surface area contributed by atoms with Crippen molar-refractivity contribution in [3.63, 3.8) is 0 Å². The van der Waals surface area contributed by atoms with Crippen molar-refractivity contribution in [3.8, 4) is 16.9 Å². The van der Waals surface area contributed by atoms with Crippen molar-refractivity contribution >= 4 is 17.6 Å². The van der Waals surface area contributed by atoms with E-state index in [9.17, 15) is 9.59 Å². The summed E-state index contributed by atoms with van der Waals surface area (Å²) in [4.78, 5) is 25.9. The molecule has 7 heteroatoms. The summed E-state index contributed by atoms with van der Waals surface area (Å²) in [5, 5.41) is 10.3. The van der Waals surface area contributed by atoms with Gasteiger partial charge in [0.05, 0.1) is 24.5 Å². The highest BCUT2D eigenvalue weighted by Crippen LogP contribution is 2.30. The summed E-state index contributed by atoms with van der Waals surface area (Å²) in [5.41, 5.74) is 5.52. The number of para-hydroxylation sites is 1. The van der Waals surface area contributed by atoms with Crippen molar-refractivity contribution in [1.29, 1.82) is 0 Å². The van der Waals surface area contributed by atoms with E-state index >= 15 is 0 Å². The molecule has 1 aromatic heterocycles. The van der Waals surface area contributed by atoms with Gasteiger partial charge in [-0.15, -0.1) is 0 Å². The fraction of sp³-hybridized carbons (Fsp3) is 0.292. The van der Waals surface area contributed by atoms with E-state index in [1.54, 1.807) is 23.7 Å². The Bertz CT molecular complexity index is 1090. The Kier molecular flexibility index (Phi) is 6.13. The summed E-state index contributed by atoms with van der Waals surface area (Å²) in [6.07, 6.45) is 3.44. The first-order valence-corrected chi connectivity index (χ1v) is 10.5. The molecule has 4 rings (SSSR count). The van der Waals surface area contributed by atoms with E-state index in [0.29, 0.717) is 5.82 Å². The number of rotatable bonds is 7. The quantitative estimate of drug-likeness (QED) is 0.620. The van der Waals surface area contributed by atoms with Gasteiger partial charge in [-0.25, -0.2) is 4.68 Å². The summed E-state index contributed by atoms with van der Waals surface area (Å²) >= 11 is 0. The molecule has 1 aliphatic carbocycles. The van der Waals surface area contributed by atoms with Gasteiger partial charge in [0.1, 0.15) is 5.82 Å². The van der Waals surface area contributed by atoms with Crippen LogP contribution in [0, 0.1) is 0 Å². The zero-order chi connectivity index (χ0) is 21.8. The van der Waals surface area contributed by atoms with E-state index in [-0.39, 0.29) is 24.9 Å². The molecule has 1 aliphatic rings. The summed E-state index contributed by atoms with van der Waals surface area (Å²) in [6.45, 7) is 0.254. The maximum atomic E-state index is 12.6. The average molecular weight is 418 g/mol. The van der Waals surface area contributed by atoms with E-state index in [2.05, 4.69) is 28.8 Å². The van der Waals surface area contributed by atoms with E-state index < -0.39 is 0 Å². The van der Waals surface area contributed by atoms with Gasteiger partial charge in [0.2, 0.25) is 11.8 Å². The minimum atomic E-state index is -0.205. The van der Waals surface area contributed by atoms with Crippen molar-refractivity contribution < 1.29 is 9.59 Å². The standard InChI is InChI=1S/C24H27N5O2/c1-25-23(30)15-28(2)16-24(31)26-22-14-21(27-29(22)20-9-4-3-5-10-20)19-12-11-17-7-6-8-18(17)13-19/h3-5,9-14H,6-8,15-16H2,1-2H3,(H,25,30)(H,26,31). The van der Waals surface area contributed by atoms with Gasteiger partial charge >= 0.3 is 0 Å². The maximum Gasteiger partial charge on any atom is 0.239 e. The molecular formula is C24H27N5O2. The molecule has 0 spiro atoms. The number of anilines is 1. The molecule has 0 aliphatic heterocycles. The number of aromatic nitrogens is 2. The predicted molar refractivity (Wildman–Crippen MR) is 121 cm³/mol. The molecule has 2 N–H and O–H groups in total. The van der Waals surface area contributed by atoms with Crippen LogP contribution < -0.4 is 10.6 Å². The molecule has 0 fully saturated rings. The molecule has 2 amide bonds. The predicted octanol–water partition coefficient (Wildman–Crippen LogP) is 2.64. The van der Waals surface area contributed by atoms with Gasteiger partial charge in [-0.3, -0.25) is 14.5 Å². The van der Waals surface area contributed by atoms with Gasteiger partial charge in [-0.2, -0.15) is 5.10 Å². The summed E-state index contributed by atoms with van der Waals surface area (Å²) in [6, 6.07) is 18.1. The highest BCUT2D eigenvalue weighted by molar-refractivity contribution is 5.92. The first-order valence-electron chi connectivity index (χ1n) is 10.5. The first kappa shape index (κ1) is 20.8. The third-order valence-electron chi connectivity index (χ3n) is 5.48. The lowest BCUT2D eigenvalue weighted by molar-refractivity contribution is -0.122. The Hall–Kier alpha value is -3.45. The molecule has 3 aromatic rings. The number of aryl methyl sites for hydroxylation is 2. The summed E-state index contributed by atoms with van der Waals surface area (Å²) in [5.74, 6) is 0.257. The number of hydrogen-bond donors (Lipinski definition) is 2. The third-order valence-corrected chi connectivity index (χ3v) is 5.48. The Balaban J connectivity index is 1.60. The molecule has 1 heterocycles. The minimum Gasteiger partial charge on any atom is -0.358 e. The zero-order valence-electron chi connectivity index (χ0n) is 17.9. The number of benzene rings is 2. The van der Waals surface area contributed by atoms with Crippen LogP contribution in [0.5, 0.6) is 0 Å². The number of amides is 2. The number of hydrogen-bond acceptors (Lipinski definition) is 4. The fourth-order valence-electron chi connectivity index (χ4n) is 3.92. The van der Waals surface area contributed by atoms with Crippen LogP contribution in [-0.4, -0.2) is 53.7 Å². The Morgan fingerprint density at radius 1 is 1.00 bits per heavy atom. The van der Waals surface area contributed by atoms with Gasteiger partial charge in [0, 0.05) is 18.7 Å². The van der Waals surface area contributed by atoms with Crippen LogP contribution in [0.15, 0.2) is 54.6 Å². The van der Waals surface area contributed by atoms with E-state index in [1.807, 2.05) is 36.4 Å². The molecule has 0 radical (unpaired) electrons. The van der Waals surface area contributed by atoms with Crippen molar-refractivity contribution in [3.05, 3.63) is 65.7 Å². The smallest absolute Gasteiger partial charge is 0.239 e. The molecule has 0 saturated heterocycles. The summed E-state index contributed by atoms with van der Waals surface area (Å²) in [7, 11) is 3.31. The number of nitrogens with zero attached hydrogens (tertiary/aromatic N) is 3. The fourth-order valence-corrected chi connectivity index (χ4v) is 3.92. The van der Waals surface area contributed by atoms with Gasteiger partial charge in [-0.1, -0.05) is 30.3 Å². The molecule has 0 bridgehead atoms. The zero-order valence-corrected chi connectivity index (χ0v) is 17.9. The van der Waals surface area contributed by atoms with E-state index in [1.165, 1.54) is 17.5 Å². The van der Waals surface area contributed by atoms with Crippen LogP contribution in [0.4, 0.5) is 5.82 Å². The molecular weight excluding hydrogens is 390 g/mol. The number of nitrogens with one attached hydrogen (secondary N) is 2. The highest BCUT2D eigenvalue weighted by atomic mass is 16.2. The third kappa shape index (κ3) is 4.83. The van der Waals surface area contributed by atoms with Crippen LogP contribution >= 0.6 is 0 Å². The Morgan fingerprint density at radius 3 is 2.52 bits per heavy atom. The lowest BCUT2D eigenvalue weighted by atomic mass is 10.0. The summed E-state index contributed by atoms with van der Waals surface area (Å²) < 4.78 is 1.75. The van der Waals surface area contributed by atoms with Gasteiger partial charge in [0.25, 0.3) is 0 Å². The van der Waals surface area contributed by atoms with Crippen molar-refractivity contribution in [2.75, 3.05) is 32.5 Å². The molecule has 0 unspecified atom stereocenters. The molecule has 0 atom stereocenters. The monoisotopic (exact) mass is 417 g/mol. The molecule has 7 nitrogen and oxygen atoms in total. The van der Waals surface area contributed by atoms with Crippen LogP contribution in [0.1, 0.15) is 17.5 Å². The Labute approximate surface area is 182 Å². The maximum absolute atomic E-state index is 12.6. The number of likely N-dealkylation sites (N-methyl/N-ethyl adjacent to an activating group) is 2. The van der Waals surface area contributed by atoms with Crippen molar-refractivity contribution in [2.45, 2.75) is 19.3 Å². The normalized spacial score (nSPS) is 12.6. The number of carbonyl (C=O) groups excluding carboxylic acids is 2. The van der Waals surface area contributed by atoms with E-state index in [4.69, 9.17) is 5.10 Å². The SMILES string of the molecule is CNC(=O)CN(C)CC(=O)Nc1cc(-c2ccc3c(c2)CCC3)nn1-c1ccccc1. The van der Waals surface area contributed by atoms with Gasteiger partial charge in [-0.05, 0) is 55.6 Å². The van der Waals surface area contributed by atoms with Crippen LogP contribution in [0.25, 0.3) is 16.9 Å². The van der Waals surface area contributed by atoms with Gasteiger partial charge in [0.15, 0.2) is 0 Å². The molecule has 31 heavy (non-hydrogen) atoms. The molecule has 0 saturated carbocycles. The van der Waals surface area contributed by atoms with Crippen molar-refractivity contribution in [2.24, 2.45) is 0 Å². The van der Waals surface area contributed by atoms with Crippen LogP contribution in [0.3, 0.4) is 0 Å². The Morgan fingerprint density at radius 2 is 1.74 bits per heavy atom. The van der Waals surface area contributed by atoms with Crippen LogP contribution in [-0.2, 0) is 22.4 Å². The largest absolute Gasteiger partial charge is 0.358 e. The minimum absolute atomic E-state index is 0.0988. The number of carbonyl (C=O) groups is 2. The van der Waals surface area contributed by atoms with Crippen LogP contribution in [0.2, 0.25) is 0 Å². The second-order valence-electron chi connectivity index (χ2n) is 7.89. The average Bonchev–Trinajstić information content (AvgIpc) is 3.40. The first-order chi connectivity index (χ1) is 15.0. The van der Waals surface area contributed by atoms with E-state index in [0.717, 1.165) is 29.8 Å². The second-order valence-corrected chi connectivity index (χ2v) is 7.89. The lowest BCUT2D eigenvalue weighted by Crippen LogP contribution is -2.37. The number of fused-ring (bicyclic) bond motifs is 1. The van der Waals surface area contributed by atoms with Crippen molar-refractivity contribution in [1.82, 2.24) is 20.0 Å². The topological polar surface area (TPSA) is 79.3 Å².